The van der Waals surface area contributed by atoms with Gasteiger partial charge in [0.15, 0.2) is 0 Å². The first-order valence-corrected chi connectivity index (χ1v) is 10.5. The number of nitrogens with one attached hydrogen (secondary N) is 2. The molecular formula is C25H21N5O3. The molecule has 0 saturated heterocycles. The molecule has 1 unspecified atom stereocenters. The molecule has 5 rings (SSSR count). The van der Waals surface area contributed by atoms with Crippen molar-refractivity contribution in [2.75, 3.05) is 0 Å². The van der Waals surface area contributed by atoms with Crippen LogP contribution in [0.1, 0.15) is 34.6 Å². The Bertz CT molecular complexity index is 1580. The molecule has 8 nitrogen and oxygen atoms in total. The molecule has 33 heavy (non-hydrogen) atoms. The highest BCUT2D eigenvalue weighted by Gasteiger charge is 2.19. The minimum Gasteiger partial charge on any atom is -0.467 e. The summed E-state index contributed by atoms with van der Waals surface area (Å²) in [6, 6.07) is 19.5. The number of benzene rings is 1. The van der Waals surface area contributed by atoms with E-state index in [2.05, 4.69) is 10.3 Å². The largest absolute Gasteiger partial charge is 0.467 e. The highest BCUT2D eigenvalue weighted by molar-refractivity contribution is 5.97. The van der Waals surface area contributed by atoms with E-state index in [4.69, 9.17) is 9.83 Å². The second kappa shape index (κ2) is 8.23. The average Bonchev–Trinajstić information content (AvgIpc) is 3.35. The molecule has 1 aromatic carbocycles. The van der Waals surface area contributed by atoms with Gasteiger partial charge in [-0.25, -0.2) is 4.98 Å². The number of furan rings is 1. The van der Waals surface area contributed by atoms with Gasteiger partial charge in [-0.15, -0.1) is 0 Å². The third kappa shape index (κ3) is 3.71. The highest BCUT2D eigenvalue weighted by Crippen LogP contribution is 2.15. The number of carbonyl (C=O) groups is 1. The fraction of sp³-hybridized carbons (Fsp3) is 0.120. The lowest BCUT2D eigenvalue weighted by Crippen LogP contribution is -2.36. The van der Waals surface area contributed by atoms with Crippen molar-refractivity contribution in [3.8, 4) is 0 Å². The monoisotopic (exact) mass is 439 g/mol. The number of amides is 1. The molecular weight excluding hydrogens is 418 g/mol. The van der Waals surface area contributed by atoms with Gasteiger partial charge in [0.05, 0.1) is 29.8 Å². The van der Waals surface area contributed by atoms with Crippen molar-refractivity contribution < 1.29 is 9.21 Å². The molecule has 0 saturated carbocycles. The zero-order valence-electron chi connectivity index (χ0n) is 17.9. The van der Waals surface area contributed by atoms with E-state index in [9.17, 15) is 9.59 Å². The number of aromatic nitrogens is 3. The van der Waals surface area contributed by atoms with Crippen molar-refractivity contribution in [3.63, 3.8) is 0 Å². The number of nitrogens with zero attached hydrogens (tertiary/aromatic N) is 3. The summed E-state index contributed by atoms with van der Waals surface area (Å²) in [4.78, 5) is 31.1. The summed E-state index contributed by atoms with van der Waals surface area (Å²) in [6.45, 7) is 2.03. The molecule has 4 aromatic heterocycles. The Balaban J connectivity index is 1.68. The van der Waals surface area contributed by atoms with Crippen molar-refractivity contribution in [1.29, 1.82) is 5.41 Å². The van der Waals surface area contributed by atoms with Crippen LogP contribution < -0.4 is 16.4 Å². The second-order valence-electron chi connectivity index (χ2n) is 7.76. The van der Waals surface area contributed by atoms with Gasteiger partial charge in [0.2, 0.25) is 0 Å². The van der Waals surface area contributed by atoms with E-state index < -0.39 is 5.91 Å². The molecule has 0 aliphatic carbocycles. The number of fused-ring (bicyclic) bond motifs is 2. The maximum atomic E-state index is 13.3. The lowest BCUT2D eigenvalue weighted by molar-refractivity contribution is 0.0937. The van der Waals surface area contributed by atoms with E-state index in [1.165, 1.54) is 21.3 Å². The molecule has 0 radical (unpaired) electrons. The van der Waals surface area contributed by atoms with Crippen molar-refractivity contribution in [1.82, 2.24) is 19.3 Å². The van der Waals surface area contributed by atoms with Crippen LogP contribution >= 0.6 is 0 Å². The minimum absolute atomic E-state index is 0.0520. The minimum atomic E-state index is -0.441. The van der Waals surface area contributed by atoms with Gasteiger partial charge < -0.3 is 14.3 Å². The highest BCUT2D eigenvalue weighted by atomic mass is 16.3. The zero-order chi connectivity index (χ0) is 22.9. The number of hydrogen-bond acceptors (Lipinski definition) is 5. The lowest BCUT2D eigenvalue weighted by atomic mass is 10.1. The van der Waals surface area contributed by atoms with Crippen molar-refractivity contribution >= 4 is 22.6 Å². The van der Waals surface area contributed by atoms with Crippen molar-refractivity contribution in [3.05, 3.63) is 112 Å². The van der Waals surface area contributed by atoms with Gasteiger partial charge in [0, 0.05) is 6.20 Å². The maximum Gasteiger partial charge on any atom is 0.267 e. The van der Waals surface area contributed by atoms with E-state index in [1.807, 2.05) is 37.3 Å². The summed E-state index contributed by atoms with van der Waals surface area (Å²) < 4.78 is 8.43. The Labute approximate surface area is 188 Å². The molecule has 164 valence electrons. The fourth-order valence-electron chi connectivity index (χ4n) is 3.87. The summed E-state index contributed by atoms with van der Waals surface area (Å²) in [7, 11) is 0. The lowest BCUT2D eigenvalue weighted by Gasteiger charge is -2.17. The van der Waals surface area contributed by atoms with Crippen LogP contribution in [0, 0.1) is 5.41 Å². The molecule has 1 amide bonds. The van der Waals surface area contributed by atoms with Crippen LogP contribution in [0.4, 0.5) is 0 Å². The third-order valence-electron chi connectivity index (χ3n) is 5.60. The van der Waals surface area contributed by atoms with Crippen LogP contribution in [0.15, 0.2) is 88.4 Å². The molecule has 1 atom stereocenters. The van der Waals surface area contributed by atoms with Crippen molar-refractivity contribution in [2.24, 2.45) is 0 Å². The summed E-state index contributed by atoms with van der Waals surface area (Å²) in [5.41, 5.74) is 1.44. The second-order valence-corrected chi connectivity index (χ2v) is 7.76. The Morgan fingerprint density at radius 1 is 1.12 bits per heavy atom. The molecule has 0 fully saturated rings. The molecule has 0 spiro atoms. The normalized spacial score (nSPS) is 12.2. The summed E-state index contributed by atoms with van der Waals surface area (Å²) in [6.07, 6.45) is 3.17. The number of carbonyl (C=O) groups excluding carboxylic acids is 1. The smallest absolute Gasteiger partial charge is 0.267 e. The molecule has 0 aliphatic heterocycles. The summed E-state index contributed by atoms with van der Waals surface area (Å²) in [5, 5.41) is 12.0. The first kappa shape index (κ1) is 20.4. The van der Waals surface area contributed by atoms with Gasteiger partial charge in [0.25, 0.3) is 11.5 Å². The van der Waals surface area contributed by atoms with E-state index in [0.29, 0.717) is 17.1 Å². The molecule has 0 bridgehead atoms. The van der Waals surface area contributed by atoms with Gasteiger partial charge in [-0.05, 0) is 42.8 Å². The van der Waals surface area contributed by atoms with Gasteiger partial charge in [0.1, 0.15) is 22.5 Å². The number of rotatable bonds is 5. The van der Waals surface area contributed by atoms with Crippen LogP contribution in [0.5, 0.6) is 0 Å². The molecule has 8 heteroatoms. The molecule has 5 aromatic rings. The predicted octanol–water partition coefficient (Wildman–Crippen LogP) is 3.26. The average molecular weight is 439 g/mol. The summed E-state index contributed by atoms with van der Waals surface area (Å²) in [5.74, 6) is 0.143. The van der Waals surface area contributed by atoms with Crippen LogP contribution in [-0.2, 0) is 6.54 Å². The van der Waals surface area contributed by atoms with Crippen LogP contribution in [-0.4, -0.2) is 19.9 Å². The Hall–Kier alpha value is -4.46. The van der Waals surface area contributed by atoms with Gasteiger partial charge in [-0.3, -0.25) is 19.4 Å². The van der Waals surface area contributed by atoms with Crippen LogP contribution in [0.2, 0.25) is 0 Å². The first-order valence-electron chi connectivity index (χ1n) is 10.5. The molecule has 2 N–H and O–H groups in total. The number of pyridine rings is 2. The Kier molecular flexibility index (Phi) is 5.10. The van der Waals surface area contributed by atoms with Crippen molar-refractivity contribution in [2.45, 2.75) is 19.5 Å². The fourth-order valence-corrected chi connectivity index (χ4v) is 3.87. The van der Waals surface area contributed by atoms with Gasteiger partial charge in [-0.1, -0.05) is 36.4 Å². The zero-order valence-corrected chi connectivity index (χ0v) is 17.9. The quantitative estimate of drug-likeness (QED) is 0.410. The van der Waals surface area contributed by atoms with E-state index in [1.54, 1.807) is 36.5 Å². The van der Waals surface area contributed by atoms with E-state index in [0.717, 1.165) is 5.56 Å². The van der Waals surface area contributed by atoms with Crippen LogP contribution in [0.3, 0.4) is 0 Å². The van der Waals surface area contributed by atoms with E-state index >= 15 is 0 Å². The number of hydrogen-bond donors (Lipinski definition) is 2. The molecule has 0 aliphatic rings. The van der Waals surface area contributed by atoms with E-state index in [-0.39, 0.29) is 34.6 Å². The summed E-state index contributed by atoms with van der Waals surface area (Å²) >= 11 is 0. The van der Waals surface area contributed by atoms with Gasteiger partial charge >= 0.3 is 0 Å². The first-order chi connectivity index (χ1) is 16.0. The van der Waals surface area contributed by atoms with Crippen LogP contribution in [0.25, 0.3) is 16.7 Å². The topological polar surface area (TPSA) is 105 Å². The standard InChI is InChI=1S/C25H21N5O3/c1-16(17-8-3-2-4-9-17)27-24(31)19-14-20-23(28-21-11-5-6-12-29(21)25(20)32)30(22(19)26)15-18-10-7-13-33-18/h2-14,16,26H,15H2,1H3,(H,27,31). The predicted molar refractivity (Wildman–Crippen MR) is 123 cm³/mol. The van der Waals surface area contributed by atoms with Gasteiger partial charge in [-0.2, -0.15) is 0 Å². The SMILES string of the molecule is CC(NC(=O)c1cc2c(=O)n3ccccc3nc2n(Cc2ccco2)c1=N)c1ccccc1. The molecule has 4 heterocycles. The Morgan fingerprint density at radius 3 is 2.67 bits per heavy atom. The third-order valence-corrected chi connectivity index (χ3v) is 5.60. The maximum absolute atomic E-state index is 13.3. The Morgan fingerprint density at radius 2 is 1.91 bits per heavy atom.